The average molecular weight is 399 g/mol. The number of aromatic nitrogens is 3. The first kappa shape index (κ1) is 19.8. The van der Waals surface area contributed by atoms with Crippen LogP contribution in [0.4, 0.5) is 15.0 Å². The van der Waals surface area contributed by atoms with Gasteiger partial charge in [0.15, 0.2) is 5.82 Å². The summed E-state index contributed by atoms with van der Waals surface area (Å²) in [4.78, 5) is 38.3. The Balaban J connectivity index is 0.00000196. The summed E-state index contributed by atoms with van der Waals surface area (Å²) in [6, 6.07) is 3.53. The topological polar surface area (TPSA) is 88.1 Å². The van der Waals surface area contributed by atoms with Gasteiger partial charge in [-0.1, -0.05) is 0 Å². The van der Waals surface area contributed by atoms with Crippen LogP contribution in [-0.2, 0) is 4.79 Å². The van der Waals surface area contributed by atoms with Crippen LogP contribution in [0.3, 0.4) is 0 Å². The van der Waals surface area contributed by atoms with Crippen molar-refractivity contribution in [2.24, 2.45) is 0 Å². The van der Waals surface area contributed by atoms with E-state index in [0.717, 1.165) is 11.8 Å². The molecule has 2 saturated heterocycles. The third-order valence-corrected chi connectivity index (χ3v) is 4.94. The SMILES string of the molecule is O=C1NC(=O)/C(=C/c2ccc3ncnc(N4CCC(F)CC4)c3n2)S1.[KH]. The Morgan fingerprint density at radius 3 is 2.69 bits per heavy atom. The zero-order chi connectivity index (χ0) is 17.4. The van der Waals surface area contributed by atoms with E-state index in [4.69, 9.17) is 0 Å². The van der Waals surface area contributed by atoms with Crippen molar-refractivity contribution in [2.75, 3.05) is 18.0 Å². The van der Waals surface area contributed by atoms with Crippen LogP contribution in [0.15, 0.2) is 23.4 Å². The number of alkyl halides is 1. The van der Waals surface area contributed by atoms with Crippen molar-refractivity contribution < 1.29 is 14.0 Å². The Labute approximate surface area is 195 Å². The minimum atomic E-state index is -0.770. The van der Waals surface area contributed by atoms with Crippen LogP contribution in [0.2, 0.25) is 0 Å². The maximum absolute atomic E-state index is 13.4. The number of rotatable bonds is 2. The number of hydrogen-bond donors (Lipinski definition) is 1. The second-order valence-corrected chi connectivity index (χ2v) is 6.83. The van der Waals surface area contributed by atoms with E-state index in [2.05, 4.69) is 20.3 Å². The molecule has 4 heterocycles. The number of nitrogens with zero attached hydrogens (tertiary/aromatic N) is 4. The normalized spacial score (nSPS) is 19.7. The van der Waals surface area contributed by atoms with E-state index in [1.807, 2.05) is 4.90 Å². The molecule has 130 valence electrons. The van der Waals surface area contributed by atoms with E-state index >= 15 is 0 Å². The van der Waals surface area contributed by atoms with Gasteiger partial charge >= 0.3 is 51.4 Å². The predicted octanol–water partition coefficient (Wildman–Crippen LogP) is 1.64. The van der Waals surface area contributed by atoms with Crippen molar-refractivity contribution in [2.45, 2.75) is 19.0 Å². The van der Waals surface area contributed by atoms with Crippen LogP contribution >= 0.6 is 11.8 Å². The van der Waals surface area contributed by atoms with Gasteiger partial charge < -0.3 is 4.90 Å². The van der Waals surface area contributed by atoms with E-state index in [1.54, 1.807) is 18.2 Å². The van der Waals surface area contributed by atoms with E-state index in [9.17, 15) is 14.0 Å². The fraction of sp³-hybridized carbons (Fsp3) is 0.312. The van der Waals surface area contributed by atoms with Gasteiger partial charge in [-0.3, -0.25) is 14.9 Å². The molecule has 2 aromatic rings. The molecule has 0 bridgehead atoms. The van der Waals surface area contributed by atoms with Gasteiger partial charge in [0.1, 0.15) is 18.0 Å². The first-order chi connectivity index (χ1) is 12.1. The molecule has 10 heteroatoms. The van der Waals surface area contributed by atoms with Gasteiger partial charge in [-0.2, -0.15) is 0 Å². The number of anilines is 1. The number of fused-ring (bicyclic) bond motifs is 1. The summed E-state index contributed by atoms with van der Waals surface area (Å²) in [5.41, 5.74) is 1.81. The molecule has 26 heavy (non-hydrogen) atoms. The number of halogens is 1. The molecule has 0 radical (unpaired) electrons. The fourth-order valence-corrected chi connectivity index (χ4v) is 3.54. The number of pyridine rings is 1. The molecule has 7 nitrogen and oxygen atoms in total. The van der Waals surface area contributed by atoms with E-state index in [0.29, 0.717) is 53.4 Å². The molecule has 0 unspecified atom stereocenters. The average Bonchev–Trinajstić information content (AvgIpc) is 2.92. The van der Waals surface area contributed by atoms with Crippen LogP contribution in [0.25, 0.3) is 17.1 Å². The van der Waals surface area contributed by atoms with E-state index in [-0.39, 0.29) is 51.4 Å². The van der Waals surface area contributed by atoms with Gasteiger partial charge in [-0.05, 0) is 42.8 Å². The molecule has 0 atom stereocenters. The molecule has 0 spiro atoms. The van der Waals surface area contributed by atoms with Crippen LogP contribution in [0.5, 0.6) is 0 Å². The number of thioether (sulfide) groups is 1. The minimum absolute atomic E-state index is 0. The van der Waals surface area contributed by atoms with Crippen molar-refractivity contribution in [3.05, 3.63) is 29.1 Å². The Kier molecular flexibility index (Phi) is 6.41. The van der Waals surface area contributed by atoms with Gasteiger partial charge in [-0.25, -0.2) is 19.3 Å². The van der Waals surface area contributed by atoms with Crippen molar-refractivity contribution in [3.8, 4) is 0 Å². The van der Waals surface area contributed by atoms with Crippen molar-refractivity contribution in [1.29, 1.82) is 0 Å². The molecular weight excluding hydrogens is 384 g/mol. The van der Waals surface area contributed by atoms with Gasteiger partial charge in [0.25, 0.3) is 11.1 Å². The molecule has 2 fully saturated rings. The van der Waals surface area contributed by atoms with Gasteiger partial charge in [-0.15, -0.1) is 0 Å². The molecule has 0 aromatic carbocycles. The molecule has 2 aliphatic rings. The van der Waals surface area contributed by atoms with E-state index < -0.39 is 17.3 Å². The van der Waals surface area contributed by atoms with Gasteiger partial charge in [0.05, 0.1) is 16.1 Å². The van der Waals surface area contributed by atoms with Crippen LogP contribution in [-0.4, -0.2) is 96.7 Å². The molecular formula is C16H15FKN5O2S. The quantitative estimate of drug-likeness (QED) is 0.607. The number of carbonyl (C=O) groups excluding carboxylic acids is 2. The first-order valence-corrected chi connectivity index (χ1v) is 8.67. The standard InChI is InChI=1S/C16H14FN5O2S.K.H/c17-9-3-5-22(6-4-9)14-13-11(18-8-19-14)2-1-10(20-13)7-12-15(23)21-16(24)25-12;;/h1-2,7-9H,3-6H2,(H,21,23,24);;/b12-7-;;. The monoisotopic (exact) mass is 399 g/mol. The summed E-state index contributed by atoms with van der Waals surface area (Å²) in [5.74, 6) is 0.239. The molecule has 4 rings (SSSR count). The molecule has 0 aliphatic carbocycles. The Bertz CT molecular complexity index is 901. The zero-order valence-electron chi connectivity index (χ0n) is 13.1. The van der Waals surface area contributed by atoms with Gasteiger partial charge in [0.2, 0.25) is 0 Å². The number of nitrogens with one attached hydrogen (secondary N) is 1. The number of amides is 2. The predicted molar refractivity (Wildman–Crippen MR) is 99.9 cm³/mol. The first-order valence-electron chi connectivity index (χ1n) is 7.86. The molecule has 2 aliphatic heterocycles. The summed E-state index contributed by atoms with van der Waals surface area (Å²) >= 11 is 0.845. The van der Waals surface area contributed by atoms with E-state index in [1.165, 1.54) is 6.33 Å². The zero-order valence-corrected chi connectivity index (χ0v) is 13.9. The number of hydrogen-bond acceptors (Lipinski definition) is 7. The van der Waals surface area contributed by atoms with Gasteiger partial charge in [0, 0.05) is 13.1 Å². The summed E-state index contributed by atoms with van der Waals surface area (Å²) in [6.07, 6.45) is 3.20. The third kappa shape index (κ3) is 4.15. The molecule has 2 aromatic heterocycles. The summed E-state index contributed by atoms with van der Waals surface area (Å²) in [6.45, 7) is 1.15. The molecule has 0 saturated carbocycles. The summed E-state index contributed by atoms with van der Waals surface area (Å²) < 4.78 is 13.4. The third-order valence-electron chi connectivity index (χ3n) is 4.13. The van der Waals surface area contributed by atoms with Crippen molar-refractivity contribution in [3.63, 3.8) is 0 Å². The number of carbonyl (C=O) groups is 2. The van der Waals surface area contributed by atoms with Crippen LogP contribution in [0.1, 0.15) is 18.5 Å². The van der Waals surface area contributed by atoms with Crippen molar-refractivity contribution in [1.82, 2.24) is 20.3 Å². The summed E-state index contributed by atoms with van der Waals surface area (Å²) in [5, 5.41) is 1.82. The Morgan fingerprint density at radius 2 is 2.00 bits per heavy atom. The van der Waals surface area contributed by atoms with Crippen LogP contribution < -0.4 is 10.2 Å². The van der Waals surface area contributed by atoms with Crippen molar-refractivity contribution >= 4 is 97.2 Å². The molecule has 1 N–H and O–H groups in total. The fourth-order valence-electron chi connectivity index (χ4n) is 2.87. The second-order valence-electron chi connectivity index (χ2n) is 5.82. The Hall–Kier alpha value is -0.914. The maximum atomic E-state index is 13.4. The second kappa shape index (κ2) is 8.40. The summed E-state index contributed by atoms with van der Waals surface area (Å²) in [7, 11) is 0. The van der Waals surface area contributed by atoms with Crippen LogP contribution in [0, 0.1) is 0 Å². The number of piperidine rings is 1. The molecule has 2 amide bonds. The number of imide groups is 1. The Morgan fingerprint density at radius 1 is 1.23 bits per heavy atom.